The van der Waals surface area contributed by atoms with Gasteiger partial charge < -0.3 is 5.73 Å². The van der Waals surface area contributed by atoms with Gasteiger partial charge in [0.05, 0.1) is 0 Å². The van der Waals surface area contributed by atoms with Crippen LogP contribution in [0.2, 0.25) is 18.1 Å². The van der Waals surface area contributed by atoms with Crippen molar-refractivity contribution in [3.8, 4) is 11.5 Å². The van der Waals surface area contributed by atoms with E-state index in [9.17, 15) is 0 Å². The molecular formula is C17H24N2Si. The van der Waals surface area contributed by atoms with Crippen LogP contribution in [-0.2, 0) is 6.42 Å². The molecule has 0 spiro atoms. The van der Waals surface area contributed by atoms with Crippen molar-refractivity contribution in [3.05, 3.63) is 35.4 Å². The van der Waals surface area contributed by atoms with E-state index in [1.54, 1.807) is 0 Å². The third-order valence-corrected chi connectivity index (χ3v) is 9.27. The van der Waals surface area contributed by atoms with Gasteiger partial charge in [0.1, 0.15) is 20.0 Å². The smallest absolute Gasteiger partial charge is 0.137 e. The van der Waals surface area contributed by atoms with Crippen LogP contribution in [0.4, 0.5) is 0 Å². The van der Waals surface area contributed by atoms with Crippen molar-refractivity contribution in [2.24, 2.45) is 10.7 Å². The van der Waals surface area contributed by atoms with Gasteiger partial charge in [-0.1, -0.05) is 51.0 Å². The first-order valence-electron chi connectivity index (χ1n) is 7.58. The van der Waals surface area contributed by atoms with Crippen LogP contribution in [0, 0.1) is 11.5 Å². The standard InChI is InChI=1S/C17H24N2Si/c1-4-20(5-2,6-3)12-11-15-13-14-9-7-8-10-16(14)17(18)19-15/h7-10,15H,4-6,13H2,1-3H3,(H2,18,19). The summed E-state index contributed by atoms with van der Waals surface area (Å²) < 4.78 is 0. The summed E-state index contributed by atoms with van der Waals surface area (Å²) in [5, 5.41) is 0. The number of nitrogens with zero attached hydrogens (tertiary/aromatic N) is 1. The third-order valence-electron chi connectivity index (χ3n) is 4.54. The first kappa shape index (κ1) is 14.9. The predicted molar refractivity (Wildman–Crippen MR) is 89.6 cm³/mol. The molecule has 2 rings (SSSR count). The molecule has 20 heavy (non-hydrogen) atoms. The molecule has 0 aromatic heterocycles. The lowest BCUT2D eigenvalue weighted by Crippen LogP contribution is -2.31. The highest BCUT2D eigenvalue weighted by molar-refractivity contribution is 6.87. The second-order valence-electron chi connectivity index (χ2n) is 5.50. The Morgan fingerprint density at radius 2 is 1.85 bits per heavy atom. The number of aliphatic imine (C=N–C) groups is 1. The summed E-state index contributed by atoms with van der Waals surface area (Å²) in [4.78, 5) is 4.57. The van der Waals surface area contributed by atoms with E-state index < -0.39 is 8.07 Å². The van der Waals surface area contributed by atoms with E-state index in [-0.39, 0.29) is 6.04 Å². The Kier molecular flexibility index (Phi) is 4.67. The second kappa shape index (κ2) is 6.28. The summed E-state index contributed by atoms with van der Waals surface area (Å²) in [7, 11) is -1.39. The van der Waals surface area contributed by atoms with Gasteiger partial charge in [-0.05, 0) is 23.7 Å². The Morgan fingerprint density at radius 1 is 1.20 bits per heavy atom. The van der Waals surface area contributed by atoms with Crippen LogP contribution in [0.1, 0.15) is 31.9 Å². The molecule has 0 radical (unpaired) electrons. The molecule has 0 bridgehead atoms. The number of amidine groups is 1. The summed E-state index contributed by atoms with van der Waals surface area (Å²) in [6.45, 7) is 6.84. The van der Waals surface area contributed by atoms with Crippen molar-refractivity contribution in [2.45, 2.75) is 51.4 Å². The van der Waals surface area contributed by atoms with Crippen LogP contribution in [0.5, 0.6) is 0 Å². The molecule has 3 heteroatoms. The highest BCUT2D eigenvalue weighted by atomic mass is 28.3. The maximum absolute atomic E-state index is 6.07. The number of benzene rings is 1. The monoisotopic (exact) mass is 284 g/mol. The second-order valence-corrected chi connectivity index (χ2v) is 10.4. The van der Waals surface area contributed by atoms with E-state index in [0.717, 1.165) is 12.0 Å². The average molecular weight is 284 g/mol. The van der Waals surface area contributed by atoms with Crippen LogP contribution < -0.4 is 5.73 Å². The van der Waals surface area contributed by atoms with Crippen molar-refractivity contribution in [1.29, 1.82) is 0 Å². The Labute approximate surface area is 123 Å². The minimum absolute atomic E-state index is 0.0430. The van der Waals surface area contributed by atoms with E-state index in [4.69, 9.17) is 5.73 Å². The molecule has 0 amide bonds. The van der Waals surface area contributed by atoms with Crippen LogP contribution in [0.3, 0.4) is 0 Å². The average Bonchev–Trinajstić information content (AvgIpc) is 2.49. The minimum atomic E-state index is -1.39. The summed E-state index contributed by atoms with van der Waals surface area (Å²) >= 11 is 0. The molecule has 2 nitrogen and oxygen atoms in total. The van der Waals surface area contributed by atoms with Crippen molar-refractivity contribution in [2.75, 3.05) is 0 Å². The maximum atomic E-state index is 6.07. The van der Waals surface area contributed by atoms with Gasteiger partial charge in [-0.3, -0.25) is 4.99 Å². The van der Waals surface area contributed by atoms with E-state index in [1.807, 2.05) is 12.1 Å². The number of rotatable bonds is 3. The Bertz CT molecular complexity index is 554. The van der Waals surface area contributed by atoms with E-state index >= 15 is 0 Å². The molecule has 1 aromatic carbocycles. The highest BCUT2D eigenvalue weighted by Crippen LogP contribution is 2.21. The van der Waals surface area contributed by atoms with Crippen molar-refractivity contribution in [1.82, 2.24) is 0 Å². The quantitative estimate of drug-likeness (QED) is 0.671. The summed E-state index contributed by atoms with van der Waals surface area (Å²) in [5.41, 5.74) is 12.1. The lowest BCUT2D eigenvalue weighted by Gasteiger charge is -2.22. The normalized spacial score (nSPS) is 17.8. The number of hydrogen-bond acceptors (Lipinski definition) is 2. The molecule has 0 fully saturated rings. The molecule has 1 heterocycles. The van der Waals surface area contributed by atoms with Crippen LogP contribution in [0.25, 0.3) is 0 Å². The lowest BCUT2D eigenvalue weighted by molar-refractivity contribution is 0.816. The first-order valence-corrected chi connectivity index (χ1v) is 10.2. The van der Waals surface area contributed by atoms with Crippen molar-refractivity contribution in [3.63, 3.8) is 0 Å². The van der Waals surface area contributed by atoms with Gasteiger partial charge in [-0.15, -0.1) is 5.54 Å². The summed E-state index contributed by atoms with van der Waals surface area (Å²) in [5.74, 6) is 4.07. The van der Waals surface area contributed by atoms with E-state index in [1.165, 1.54) is 23.7 Å². The number of nitrogens with two attached hydrogens (primary N) is 1. The van der Waals surface area contributed by atoms with Crippen molar-refractivity contribution >= 4 is 13.9 Å². The molecule has 106 valence electrons. The van der Waals surface area contributed by atoms with Gasteiger partial charge in [0.2, 0.25) is 0 Å². The zero-order valence-electron chi connectivity index (χ0n) is 12.7. The first-order chi connectivity index (χ1) is 9.64. The van der Waals surface area contributed by atoms with Crippen LogP contribution in [0.15, 0.2) is 29.3 Å². The van der Waals surface area contributed by atoms with Gasteiger partial charge in [0.15, 0.2) is 0 Å². The zero-order chi connectivity index (χ0) is 14.6. The fourth-order valence-electron chi connectivity index (χ4n) is 2.77. The molecular weight excluding hydrogens is 260 g/mol. The SMILES string of the molecule is CC[Si](C#CC1Cc2ccccc2C(N)=N1)(CC)CC. The van der Waals surface area contributed by atoms with E-state index in [0.29, 0.717) is 5.84 Å². The van der Waals surface area contributed by atoms with Gasteiger partial charge in [0.25, 0.3) is 0 Å². The highest BCUT2D eigenvalue weighted by Gasteiger charge is 2.25. The Balaban J connectivity index is 2.24. The lowest BCUT2D eigenvalue weighted by atomic mass is 9.97. The molecule has 1 aliphatic rings. The van der Waals surface area contributed by atoms with Gasteiger partial charge in [-0.2, -0.15) is 0 Å². The summed E-state index contributed by atoms with van der Waals surface area (Å²) in [6, 6.07) is 12.0. The number of fused-ring (bicyclic) bond motifs is 1. The van der Waals surface area contributed by atoms with Gasteiger partial charge >= 0.3 is 0 Å². The molecule has 1 aromatic rings. The largest absolute Gasteiger partial charge is 0.383 e. The molecule has 0 saturated carbocycles. The van der Waals surface area contributed by atoms with Crippen molar-refractivity contribution < 1.29 is 0 Å². The minimum Gasteiger partial charge on any atom is -0.383 e. The van der Waals surface area contributed by atoms with Crippen LogP contribution in [-0.4, -0.2) is 20.0 Å². The molecule has 1 atom stereocenters. The number of hydrogen-bond donors (Lipinski definition) is 1. The zero-order valence-corrected chi connectivity index (χ0v) is 13.7. The molecule has 0 saturated heterocycles. The third kappa shape index (κ3) is 2.96. The van der Waals surface area contributed by atoms with Crippen LogP contribution >= 0.6 is 0 Å². The maximum Gasteiger partial charge on any atom is 0.137 e. The fourth-order valence-corrected chi connectivity index (χ4v) is 5.28. The molecule has 0 aliphatic carbocycles. The molecule has 1 aliphatic heterocycles. The predicted octanol–water partition coefficient (Wildman–Crippen LogP) is 3.37. The Hall–Kier alpha value is -1.53. The van der Waals surface area contributed by atoms with E-state index in [2.05, 4.69) is 49.4 Å². The molecule has 2 N–H and O–H groups in total. The van der Waals surface area contributed by atoms with Gasteiger partial charge in [0, 0.05) is 12.0 Å². The fraction of sp³-hybridized carbons (Fsp3) is 0.471. The molecule has 1 unspecified atom stereocenters. The van der Waals surface area contributed by atoms with Gasteiger partial charge in [-0.25, -0.2) is 0 Å². The topological polar surface area (TPSA) is 38.4 Å². The summed E-state index contributed by atoms with van der Waals surface area (Å²) in [6.07, 6.45) is 0.894. The Morgan fingerprint density at radius 3 is 2.50 bits per heavy atom.